The molecule has 1 fully saturated rings. The zero-order valence-electron chi connectivity index (χ0n) is 12.7. The molecule has 2 heterocycles. The van der Waals surface area contributed by atoms with Gasteiger partial charge in [-0.1, -0.05) is 22.7 Å². The molecule has 23 heavy (non-hydrogen) atoms. The molecule has 1 aromatic carbocycles. The van der Waals surface area contributed by atoms with Gasteiger partial charge in [-0.05, 0) is 12.1 Å². The average molecular weight is 333 g/mol. The number of anilines is 2. The van der Waals surface area contributed by atoms with Crippen LogP contribution in [-0.2, 0) is 4.74 Å². The highest BCUT2D eigenvalue weighted by atomic mass is 32.1. The molecule has 0 saturated carbocycles. The SMILES string of the molecule is O=C(NCCN1CCOCC1)c1nnsc1Nc1ccccc1. The van der Waals surface area contributed by atoms with E-state index in [1.54, 1.807) is 0 Å². The van der Waals surface area contributed by atoms with Gasteiger partial charge in [0.2, 0.25) is 0 Å². The summed E-state index contributed by atoms with van der Waals surface area (Å²) >= 11 is 1.17. The lowest BCUT2D eigenvalue weighted by molar-refractivity contribution is 0.0383. The fraction of sp³-hybridized carbons (Fsp3) is 0.400. The van der Waals surface area contributed by atoms with Crippen molar-refractivity contribution in [3.63, 3.8) is 0 Å². The van der Waals surface area contributed by atoms with Crippen LogP contribution in [-0.4, -0.2) is 59.8 Å². The molecule has 0 unspecified atom stereocenters. The van der Waals surface area contributed by atoms with Crippen LogP contribution in [0.3, 0.4) is 0 Å². The van der Waals surface area contributed by atoms with Crippen LogP contribution in [0, 0.1) is 0 Å². The quantitative estimate of drug-likeness (QED) is 0.831. The van der Waals surface area contributed by atoms with Crippen molar-refractivity contribution in [1.29, 1.82) is 0 Å². The highest BCUT2D eigenvalue weighted by molar-refractivity contribution is 7.10. The monoisotopic (exact) mass is 333 g/mol. The molecular weight excluding hydrogens is 314 g/mol. The number of aromatic nitrogens is 2. The molecular formula is C15H19N5O2S. The maximum atomic E-state index is 12.3. The fourth-order valence-corrected chi connectivity index (χ4v) is 2.90. The molecule has 3 rings (SSSR count). The van der Waals surface area contributed by atoms with Crippen molar-refractivity contribution in [1.82, 2.24) is 19.8 Å². The number of amides is 1. The zero-order valence-corrected chi connectivity index (χ0v) is 13.5. The van der Waals surface area contributed by atoms with Crippen molar-refractivity contribution in [2.45, 2.75) is 0 Å². The van der Waals surface area contributed by atoms with Crippen LogP contribution in [0.25, 0.3) is 0 Å². The number of carbonyl (C=O) groups excluding carboxylic acids is 1. The van der Waals surface area contributed by atoms with Crippen LogP contribution < -0.4 is 10.6 Å². The highest BCUT2D eigenvalue weighted by Gasteiger charge is 2.17. The summed E-state index contributed by atoms with van der Waals surface area (Å²) in [6.07, 6.45) is 0. The zero-order chi connectivity index (χ0) is 15.9. The highest BCUT2D eigenvalue weighted by Crippen LogP contribution is 2.22. The van der Waals surface area contributed by atoms with E-state index in [-0.39, 0.29) is 5.91 Å². The molecule has 0 bridgehead atoms. The lowest BCUT2D eigenvalue weighted by Crippen LogP contribution is -2.41. The first-order valence-corrected chi connectivity index (χ1v) is 8.33. The van der Waals surface area contributed by atoms with Gasteiger partial charge in [0.05, 0.1) is 13.2 Å². The molecule has 0 radical (unpaired) electrons. The van der Waals surface area contributed by atoms with Crippen LogP contribution in [0.1, 0.15) is 10.5 Å². The number of hydrogen-bond donors (Lipinski definition) is 2. The largest absolute Gasteiger partial charge is 0.379 e. The number of hydrogen-bond acceptors (Lipinski definition) is 7. The summed E-state index contributed by atoms with van der Waals surface area (Å²) < 4.78 is 9.18. The van der Waals surface area contributed by atoms with Gasteiger partial charge in [0, 0.05) is 43.4 Å². The van der Waals surface area contributed by atoms with E-state index in [2.05, 4.69) is 25.1 Å². The Bertz CT molecular complexity index is 628. The topological polar surface area (TPSA) is 79.4 Å². The Hall–Kier alpha value is -2.03. The lowest BCUT2D eigenvalue weighted by Gasteiger charge is -2.26. The molecule has 122 valence electrons. The molecule has 0 atom stereocenters. The Labute approximate surface area is 138 Å². The van der Waals surface area contributed by atoms with Gasteiger partial charge in [-0.15, -0.1) is 5.10 Å². The minimum absolute atomic E-state index is 0.203. The Balaban J connectivity index is 1.52. The molecule has 0 spiro atoms. The Morgan fingerprint density at radius 1 is 1.26 bits per heavy atom. The van der Waals surface area contributed by atoms with Gasteiger partial charge in [0.1, 0.15) is 5.00 Å². The minimum Gasteiger partial charge on any atom is -0.379 e. The average Bonchev–Trinajstić information content (AvgIpc) is 3.05. The van der Waals surface area contributed by atoms with Gasteiger partial charge in [-0.3, -0.25) is 9.69 Å². The Morgan fingerprint density at radius 3 is 2.83 bits per heavy atom. The molecule has 8 heteroatoms. The van der Waals surface area contributed by atoms with Crippen molar-refractivity contribution in [3.8, 4) is 0 Å². The van der Waals surface area contributed by atoms with Gasteiger partial charge < -0.3 is 15.4 Å². The maximum absolute atomic E-state index is 12.3. The number of nitrogens with one attached hydrogen (secondary N) is 2. The number of ether oxygens (including phenoxy) is 1. The molecule has 1 aromatic heterocycles. The molecule has 2 N–H and O–H groups in total. The normalized spacial score (nSPS) is 15.3. The summed E-state index contributed by atoms with van der Waals surface area (Å²) in [6, 6.07) is 9.66. The van der Waals surface area contributed by atoms with E-state index in [4.69, 9.17) is 4.74 Å². The van der Waals surface area contributed by atoms with E-state index in [1.165, 1.54) is 11.5 Å². The van der Waals surface area contributed by atoms with Crippen molar-refractivity contribution >= 4 is 28.1 Å². The van der Waals surface area contributed by atoms with Crippen LogP contribution in [0.15, 0.2) is 30.3 Å². The third kappa shape index (κ3) is 4.47. The first-order chi connectivity index (χ1) is 11.3. The van der Waals surface area contributed by atoms with E-state index < -0.39 is 0 Å². The number of rotatable bonds is 6. The number of para-hydroxylation sites is 1. The summed E-state index contributed by atoms with van der Waals surface area (Å²) in [6.45, 7) is 4.74. The molecule has 1 aliphatic heterocycles. The summed E-state index contributed by atoms with van der Waals surface area (Å²) in [4.78, 5) is 14.5. The third-order valence-corrected chi connectivity index (χ3v) is 4.19. The van der Waals surface area contributed by atoms with Crippen LogP contribution in [0.5, 0.6) is 0 Å². The number of benzene rings is 1. The number of nitrogens with zero attached hydrogens (tertiary/aromatic N) is 3. The van der Waals surface area contributed by atoms with Crippen molar-refractivity contribution in [3.05, 3.63) is 36.0 Å². The standard InChI is InChI=1S/C15H19N5O2S/c21-14(16-6-7-20-8-10-22-11-9-20)13-15(23-19-18-13)17-12-4-2-1-3-5-12/h1-5,17H,6-11H2,(H,16,21). The van der Waals surface area contributed by atoms with Crippen molar-refractivity contribution in [2.75, 3.05) is 44.7 Å². The van der Waals surface area contributed by atoms with Crippen LogP contribution in [0.4, 0.5) is 10.7 Å². The van der Waals surface area contributed by atoms with E-state index >= 15 is 0 Å². The van der Waals surface area contributed by atoms with E-state index in [0.29, 0.717) is 17.2 Å². The molecule has 7 nitrogen and oxygen atoms in total. The van der Waals surface area contributed by atoms with Gasteiger partial charge in [-0.2, -0.15) is 0 Å². The van der Waals surface area contributed by atoms with E-state index in [0.717, 1.165) is 38.5 Å². The summed E-state index contributed by atoms with van der Waals surface area (Å²) in [5.74, 6) is -0.203. The smallest absolute Gasteiger partial charge is 0.275 e. The predicted octanol–water partition coefficient (Wildman–Crippen LogP) is 1.34. The lowest BCUT2D eigenvalue weighted by atomic mass is 10.3. The molecule has 1 aliphatic rings. The summed E-state index contributed by atoms with van der Waals surface area (Å²) in [5.41, 5.74) is 1.24. The summed E-state index contributed by atoms with van der Waals surface area (Å²) in [5, 5.41) is 10.7. The predicted molar refractivity (Wildman–Crippen MR) is 89.2 cm³/mol. The first kappa shape index (κ1) is 15.9. The van der Waals surface area contributed by atoms with Gasteiger partial charge in [-0.25, -0.2) is 0 Å². The fourth-order valence-electron chi connectivity index (χ4n) is 2.31. The van der Waals surface area contributed by atoms with Crippen molar-refractivity contribution < 1.29 is 9.53 Å². The Morgan fingerprint density at radius 2 is 2.04 bits per heavy atom. The van der Waals surface area contributed by atoms with Crippen LogP contribution in [0.2, 0.25) is 0 Å². The number of morpholine rings is 1. The second-order valence-electron chi connectivity index (χ2n) is 5.15. The number of carbonyl (C=O) groups is 1. The third-order valence-electron chi connectivity index (χ3n) is 3.55. The van der Waals surface area contributed by atoms with Gasteiger partial charge >= 0.3 is 0 Å². The van der Waals surface area contributed by atoms with Gasteiger partial charge in [0.15, 0.2) is 5.69 Å². The molecule has 1 saturated heterocycles. The molecule has 0 aliphatic carbocycles. The minimum atomic E-state index is -0.203. The second kappa shape index (κ2) is 8.00. The maximum Gasteiger partial charge on any atom is 0.275 e. The first-order valence-electron chi connectivity index (χ1n) is 7.55. The summed E-state index contributed by atoms with van der Waals surface area (Å²) in [7, 11) is 0. The Kier molecular flexibility index (Phi) is 5.51. The molecule has 2 aromatic rings. The van der Waals surface area contributed by atoms with Crippen molar-refractivity contribution in [2.24, 2.45) is 0 Å². The van der Waals surface area contributed by atoms with E-state index in [9.17, 15) is 4.79 Å². The van der Waals surface area contributed by atoms with Gasteiger partial charge in [0.25, 0.3) is 5.91 Å². The second-order valence-corrected chi connectivity index (χ2v) is 5.91. The van der Waals surface area contributed by atoms with Crippen LogP contribution >= 0.6 is 11.5 Å². The van der Waals surface area contributed by atoms with E-state index in [1.807, 2.05) is 30.3 Å². The molecule has 1 amide bonds.